The molecule has 1 aromatic carbocycles. The lowest BCUT2D eigenvalue weighted by Crippen LogP contribution is -2.46. The average Bonchev–Trinajstić information content (AvgIpc) is 2.40. The number of hydrogen-bond acceptors (Lipinski definition) is 3. The molecule has 17 heavy (non-hydrogen) atoms. The van der Waals surface area contributed by atoms with Crippen molar-refractivity contribution in [2.45, 2.75) is 11.0 Å². The fourth-order valence-corrected chi connectivity index (χ4v) is 3.61. The molecular weight excluding hydrogens is 306 g/mol. The van der Waals surface area contributed by atoms with Crippen LogP contribution < -0.4 is 0 Å². The van der Waals surface area contributed by atoms with E-state index < -0.39 is 10.0 Å². The van der Waals surface area contributed by atoms with Crippen molar-refractivity contribution in [3.05, 3.63) is 30.3 Å². The second kappa shape index (κ2) is 5.48. The number of hydrogen-bond donors (Lipinski definition) is 0. The third-order valence-corrected chi connectivity index (χ3v) is 5.26. The van der Waals surface area contributed by atoms with Crippen LogP contribution in [0.15, 0.2) is 35.2 Å². The van der Waals surface area contributed by atoms with E-state index in [-0.39, 0.29) is 6.10 Å². The highest BCUT2D eigenvalue weighted by Gasteiger charge is 2.29. The van der Waals surface area contributed by atoms with Crippen molar-refractivity contribution in [3.63, 3.8) is 0 Å². The Hall–Kier alpha value is -0.430. The van der Waals surface area contributed by atoms with Gasteiger partial charge in [-0.1, -0.05) is 34.1 Å². The third-order valence-electron chi connectivity index (χ3n) is 2.65. The van der Waals surface area contributed by atoms with Crippen molar-refractivity contribution in [1.82, 2.24) is 4.31 Å². The first kappa shape index (κ1) is 13.0. The molecule has 94 valence electrons. The van der Waals surface area contributed by atoms with Gasteiger partial charge in [-0.2, -0.15) is 4.31 Å². The van der Waals surface area contributed by atoms with Gasteiger partial charge in [0.25, 0.3) is 0 Å². The summed E-state index contributed by atoms with van der Waals surface area (Å²) in [5, 5.41) is 0.647. The zero-order chi connectivity index (χ0) is 12.3. The van der Waals surface area contributed by atoms with Gasteiger partial charge in [0.15, 0.2) is 0 Å². The highest BCUT2D eigenvalue weighted by molar-refractivity contribution is 9.09. The van der Waals surface area contributed by atoms with E-state index in [4.69, 9.17) is 4.74 Å². The van der Waals surface area contributed by atoms with Crippen molar-refractivity contribution in [2.75, 3.05) is 25.0 Å². The Kier molecular flexibility index (Phi) is 4.19. The molecule has 1 heterocycles. The third kappa shape index (κ3) is 2.88. The lowest BCUT2D eigenvalue weighted by Gasteiger charge is -2.31. The van der Waals surface area contributed by atoms with E-state index in [0.717, 1.165) is 0 Å². The predicted molar refractivity (Wildman–Crippen MR) is 68.7 cm³/mol. The molecule has 1 fully saturated rings. The van der Waals surface area contributed by atoms with Gasteiger partial charge >= 0.3 is 0 Å². The monoisotopic (exact) mass is 319 g/mol. The number of alkyl halides is 1. The first-order valence-corrected chi connectivity index (χ1v) is 7.93. The maximum absolute atomic E-state index is 12.3. The van der Waals surface area contributed by atoms with Gasteiger partial charge in [-0.15, -0.1) is 0 Å². The summed E-state index contributed by atoms with van der Waals surface area (Å²) < 4.78 is 31.5. The number of nitrogens with zero attached hydrogens (tertiary/aromatic N) is 1. The summed E-state index contributed by atoms with van der Waals surface area (Å²) in [6.07, 6.45) is -0.0674. The molecule has 0 aromatic heterocycles. The zero-order valence-corrected chi connectivity index (χ0v) is 11.7. The molecular formula is C11H14BrNO3S. The summed E-state index contributed by atoms with van der Waals surface area (Å²) in [6, 6.07) is 8.51. The molecule has 0 amide bonds. The molecule has 0 saturated carbocycles. The highest BCUT2D eigenvalue weighted by atomic mass is 79.9. The average molecular weight is 320 g/mol. The summed E-state index contributed by atoms with van der Waals surface area (Å²) in [5.41, 5.74) is 0. The van der Waals surface area contributed by atoms with Crippen molar-refractivity contribution < 1.29 is 13.2 Å². The van der Waals surface area contributed by atoms with Crippen LogP contribution in [0.3, 0.4) is 0 Å². The van der Waals surface area contributed by atoms with Crippen LogP contribution in [-0.4, -0.2) is 43.9 Å². The second-order valence-electron chi connectivity index (χ2n) is 3.82. The van der Waals surface area contributed by atoms with Gasteiger partial charge in [0, 0.05) is 18.4 Å². The fourth-order valence-electron chi connectivity index (χ4n) is 1.75. The zero-order valence-electron chi connectivity index (χ0n) is 9.25. The van der Waals surface area contributed by atoms with Crippen molar-refractivity contribution in [2.24, 2.45) is 0 Å². The van der Waals surface area contributed by atoms with Crippen LogP contribution in [-0.2, 0) is 14.8 Å². The van der Waals surface area contributed by atoms with E-state index >= 15 is 0 Å². The van der Waals surface area contributed by atoms with E-state index in [1.54, 1.807) is 30.3 Å². The fraction of sp³-hybridized carbons (Fsp3) is 0.455. The van der Waals surface area contributed by atoms with Crippen molar-refractivity contribution in [1.29, 1.82) is 0 Å². The second-order valence-corrected chi connectivity index (χ2v) is 6.41. The summed E-state index contributed by atoms with van der Waals surface area (Å²) in [6.45, 7) is 1.27. The Morgan fingerprint density at radius 1 is 1.35 bits per heavy atom. The molecule has 0 N–H and O–H groups in total. The Morgan fingerprint density at radius 3 is 2.71 bits per heavy atom. The number of benzene rings is 1. The van der Waals surface area contributed by atoms with Gasteiger partial charge in [-0.25, -0.2) is 8.42 Å². The number of ether oxygens (including phenoxy) is 1. The van der Waals surface area contributed by atoms with Gasteiger partial charge in [0.05, 0.1) is 17.6 Å². The molecule has 1 aliphatic heterocycles. The number of sulfonamides is 1. The number of morpholine rings is 1. The summed E-state index contributed by atoms with van der Waals surface area (Å²) in [5.74, 6) is 0. The lowest BCUT2D eigenvalue weighted by molar-refractivity contribution is 0.0137. The van der Waals surface area contributed by atoms with Gasteiger partial charge in [0.1, 0.15) is 0 Å². The number of rotatable bonds is 3. The van der Waals surface area contributed by atoms with Crippen LogP contribution in [0, 0.1) is 0 Å². The first-order chi connectivity index (χ1) is 8.14. The van der Waals surface area contributed by atoms with Crippen LogP contribution in [0.1, 0.15) is 0 Å². The maximum Gasteiger partial charge on any atom is 0.243 e. The quantitative estimate of drug-likeness (QED) is 0.793. The smallest absolute Gasteiger partial charge is 0.243 e. The minimum absolute atomic E-state index is 0.0674. The minimum Gasteiger partial charge on any atom is -0.375 e. The van der Waals surface area contributed by atoms with Gasteiger partial charge in [0.2, 0.25) is 10.0 Å². The summed E-state index contributed by atoms with van der Waals surface area (Å²) >= 11 is 3.31. The SMILES string of the molecule is O=S(=O)(c1ccccc1)N1CCOC(CBr)C1. The van der Waals surface area contributed by atoms with Crippen LogP contribution in [0.5, 0.6) is 0 Å². The number of halogens is 1. The molecule has 1 unspecified atom stereocenters. The lowest BCUT2D eigenvalue weighted by atomic mass is 10.3. The predicted octanol–water partition coefficient (Wildman–Crippen LogP) is 1.47. The van der Waals surface area contributed by atoms with E-state index in [2.05, 4.69) is 15.9 Å². The van der Waals surface area contributed by atoms with Gasteiger partial charge < -0.3 is 4.74 Å². The normalized spacial score (nSPS) is 22.5. The minimum atomic E-state index is -3.37. The van der Waals surface area contributed by atoms with Gasteiger partial charge in [-0.3, -0.25) is 0 Å². The Bertz CT molecular complexity index is 463. The molecule has 1 aliphatic rings. The van der Waals surface area contributed by atoms with Crippen LogP contribution in [0.25, 0.3) is 0 Å². The molecule has 0 bridgehead atoms. The topological polar surface area (TPSA) is 46.6 Å². The molecule has 2 rings (SSSR count). The Balaban J connectivity index is 2.21. The molecule has 6 heteroatoms. The molecule has 1 saturated heterocycles. The maximum atomic E-state index is 12.3. The van der Waals surface area contributed by atoms with E-state index in [9.17, 15) is 8.42 Å². The van der Waals surface area contributed by atoms with Crippen LogP contribution in [0.2, 0.25) is 0 Å². The molecule has 1 atom stereocenters. The first-order valence-electron chi connectivity index (χ1n) is 5.37. The van der Waals surface area contributed by atoms with E-state index in [1.165, 1.54) is 4.31 Å². The molecule has 0 spiro atoms. The van der Waals surface area contributed by atoms with Gasteiger partial charge in [-0.05, 0) is 12.1 Å². The molecule has 1 aromatic rings. The largest absolute Gasteiger partial charge is 0.375 e. The Labute approximate surface area is 110 Å². The van der Waals surface area contributed by atoms with Crippen molar-refractivity contribution >= 4 is 26.0 Å². The standard InChI is InChI=1S/C11H14BrNO3S/c12-8-10-9-13(6-7-16-10)17(14,15)11-4-2-1-3-5-11/h1-5,10H,6-9H2. The highest BCUT2D eigenvalue weighted by Crippen LogP contribution is 2.18. The van der Waals surface area contributed by atoms with Crippen molar-refractivity contribution in [3.8, 4) is 0 Å². The summed E-state index contributed by atoms with van der Waals surface area (Å²) in [4.78, 5) is 0.343. The molecule has 0 aliphatic carbocycles. The van der Waals surface area contributed by atoms with E-state index in [1.807, 2.05) is 0 Å². The molecule has 0 radical (unpaired) electrons. The van der Waals surface area contributed by atoms with Crippen LogP contribution >= 0.6 is 15.9 Å². The van der Waals surface area contributed by atoms with Crippen LogP contribution in [0.4, 0.5) is 0 Å². The summed E-state index contributed by atoms with van der Waals surface area (Å²) in [7, 11) is -3.37. The Morgan fingerprint density at radius 2 is 2.06 bits per heavy atom. The van der Waals surface area contributed by atoms with E-state index in [0.29, 0.717) is 29.9 Å². The molecule has 4 nitrogen and oxygen atoms in total.